The Labute approximate surface area is 137 Å². The molecule has 2 rings (SSSR count). The van der Waals surface area contributed by atoms with Gasteiger partial charge in [0.25, 0.3) is 0 Å². The van der Waals surface area contributed by atoms with Gasteiger partial charge in [0.05, 0.1) is 10.4 Å². The maximum Gasteiger partial charge on any atom is 0.123 e. The van der Waals surface area contributed by atoms with Crippen molar-refractivity contribution in [2.45, 2.75) is 12.3 Å². The second-order valence-electron chi connectivity index (χ2n) is 4.86. The van der Waals surface area contributed by atoms with E-state index in [1.807, 2.05) is 6.07 Å². The van der Waals surface area contributed by atoms with Crippen LogP contribution in [0.2, 0.25) is 0 Å². The Bertz CT molecular complexity index is 561. The highest BCUT2D eigenvalue weighted by Gasteiger charge is 2.14. The predicted octanol–water partition coefficient (Wildman–Crippen LogP) is 4.21. The van der Waals surface area contributed by atoms with Gasteiger partial charge >= 0.3 is 0 Å². The van der Waals surface area contributed by atoms with Crippen molar-refractivity contribution < 1.29 is 9.13 Å². The SMILES string of the molecule is COCCNCC(Cc1ccc(Br)s1)c1cccc(F)c1. The number of rotatable bonds is 8. The molecule has 0 radical (unpaired) electrons. The van der Waals surface area contributed by atoms with Gasteiger partial charge in [-0.3, -0.25) is 0 Å². The molecule has 1 unspecified atom stereocenters. The van der Waals surface area contributed by atoms with Gasteiger partial charge < -0.3 is 10.1 Å². The van der Waals surface area contributed by atoms with Crippen molar-refractivity contribution in [3.8, 4) is 0 Å². The van der Waals surface area contributed by atoms with Crippen molar-refractivity contribution in [2.75, 3.05) is 26.8 Å². The van der Waals surface area contributed by atoms with Crippen LogP contribution in [0, 0.1) is 5.82 Å². The summed E-state index contributed by atoms with van der Waals surface area (Å²) in [5.74, 6) is 0.0739. The van der Waals surface area contributed by atoms with E-state index in [1.165, 1.54) is 10.9 Å². The monoisotopic (exact) mass is 371 g/mol. The Kier molecular flexibility index (Phi) is 6.83. The molecule has 0 aliphatic rings. The van der Waals surface area contributed by atoms with Crippen LogP contribution in [0.4, 0.5) is 4.39 Å². The summed E-state index contributed by atoms with van der Waals surface area (Å²) in [6.07, 6.45) is 0.902. The van der Waals surface area contributed by atoms with Crippen LogP contribution in [-0.4, -0.2) is 26.8 Å². The van der Waals surface area contributed by atoms with E-state index < -0.39 is 0 Å². The zero-order chi connectivity index (χ0) is 15.1. The van der Waals surface area contributed by atoms with Crippen LogP contribution in [0.3, 0.4) is 0 Å². The Hall–Kier alpha value is -0.750. The molecule has 1 heterocycles. The van der Waals surface area contributed by atoms with Gasteiger partial charge in [0.1, 0.15) is 5.82 Å². The van der Waals surface area contributed by atoms with Crippen LogP contribution in [0.5, 0.6) is 0 Å². The van der Waals surface area contributed by atoms with Crippen LogP contribution in [0.15, 0.2) is 40.2 Å². The fraction of sp³-hybridized carbons (Fsp3) is 0.375. The van der Waals surface area contributed by atoms with Crippen LogP contribution in [0.25, 0.3) is 0 Å². The number of halogens is 2. The third-order valence-corrected chi connectivity index (χ3v) is 4.92. The minimum absolute atomic E-state index is 0.179. The van der Waals surface area contributed by atoms with Gasteiger partial charge in [-0.15, -0.1) is 11.3 Å². The number of hydrogen-bond donors (Lipinski definition) is 1. The first-order valence-electron chi connectivity index (χ1n) is 6.88. The lowest BCUT2D eigenvalue weighted by Crippen LogP contribution is -2.26. The van der Waals surface area contributed by atoms with Gasteiger partial charge in [0, 0.05) is 31.0 Å². The molecule has 21 heavy (non-hydrogen) atoms. The van der Waals surface area contributed by atoms with E-state index in [9.17, 15) is 4.39 Å². The van der Waals surface area contributed by atoms with Crippen LogP contribution in [0.1, 0.15) is 16.4 Å². The molecule has 1 N–H and O–H groups in total. The molecule has 0 aliphatic heterocycles. The zero-order valence-corrected chi connectivity index (χ0v) is 14.3. The van der Waals surface area contributed by atoms with Crippen molar-refractivity contribution in [1.82, 2.24) is 5.32 Å². The number of benzene rings is 1. The maximum absolute atomic E-state index is 13.5. The first-order chi connectivity index (χ1) is 10.2. The van der Waals surface area contributed by atoms with Crippen molar-refractivity contribution in [3.05, 3.63) is 56.4 Å². The van der Waals surface area contributed by atoms with E-state index in [0.29, 0.717) is 6.61 Å². The number of ether oxygens (including phenoxy) is 1. The topological polar surface area (TPSA) is 21.3 Å². The minimum Gasteiger partial charge on any atom is -0.383 e. The highest BCUT2D eigenvalue weighted by molar-refractivity contribution is 9.11. The molecule has 5 heteroatoms. The van der Waals surface area contributed by atoms with E-state index in [0.717, 1.165) is 28.9 Å². The lowest BCUT2D eigenvalue weighted by molar-refractivity contribution is 0.199. The third-order valence-electron chi connectivity index (χ3n) is 3.27. The molecule has 2 aromatic rings. The van der Waals surface area contributed by atoms with Gasteiger partial charge in [-0.1, -0.05) is 12.1 Å². The number of methoxy groups -OCH3 is 1. The summed E-state index contributed by atoms with van der Waals surface area (Å²) >= 11 is 5.22. The van der Waals surface area contributed by atoms with E-state index in [1.54, 1.807) is 30.6 Å². The average Bonchev–Trinajstić information content (AvgIpc) is 2.87. The van der Waals surface area contributed by atoms with Crippen LogP contribution >= 0.6 is 27.3 Å². The Morgan fingerprint density at radius 3 is 2.86 bits per heavy atom. The molecular weight excluding hydrogens is 353 g/mol. The van der Waals surface area contributed by atoms with E-state index >= 15 is 0 Å². The van der Waals surface area contributed by atoms with Crippen molar-refractivity contribution >= 4 is 27.3 Å². The molecular formula is C16H19BrFNOS. The van der Waals surface area contributed by atoms with Gasteiger partial charge in [-0.05, 0) is 52.2 Å². The molecule has 0 saturated carbocycles. The summed E-state index contributed by atoms with van der Waals surface area (Å²) in [4.78, 5) is 1.30. The summed E-state index contributed by atoms with van der Waals surface area (Å²) in [7, 11) is 1.69. The molecule has 1 aromatic heterocycles. The first kappa shape index (κ1) is 16.6. The first-order valence-corrected chi connectivity index (χ1v) is 8.49. The smallest absolute Gasteiger partial charge is 0.123 e. The van der Waals surface area contributed by atoms with Gasteiger partial charge in [-0.25, -0.2) is 4.39 Å². The van der Waals surface area contributed by atoms with Crippen molar-refractivity contribution in [2.24, 2.45) is 0 Å². The molecule has 0 bridgehead atoms. The number of thiophene rings is 1. The lowest BCUT2D eigenvalue weighted by Gasteiger charge is -2.17. The van der Waals surface area contributed by atoms with Crippen molar-refractivity contribution in [3.63, 3.8) is 0 Å². The molecule has 1 aromatic carbocycles. The zero-order valence-electron chi connectivity index (χ0n) is 11.9. The highest BCUT2D eigenvalue weighted by atomic mass is 79.9. The third kappa shape index (κ3) is 5.51. The highest BCUT2D eigenvalue weighted by Crippen LogP contribution is 2.28. The summed E-state index contributed by atoms with van der Waals surface area (Å²) in [6.45, 7) is 2.29. The van der Waals surface area contributed by atoms with Gasteiger partial charge in [0.15, 0.2) is 0 Å². The summed E-state index contributed by atoms with van der Waals surface area (Å²) in [5.41, 5.74) is 1.03. The Morgan fingerprint density at radius 1 is 1.33 bits per heavy atom. The van der Waals surface area contributed by atoms with Crippen LogP contribution in [-0.2, 0) is 11.2 Å². The molecule has 0 fully saturated rings. The Balaban J connectivity index is 2.06. The molecule has 114 valence electrons. The van der Waals surface area contributed by atoms with Gasteiger partial charge in [0.2, 0.25) is 0 Å². The minimum atomic E-state index is -0.179. The molecule has 0 aliphatic carbocycles. The number of hydrogen-bond acceptors (Lipinski definition) is 3. The fourth-order valence-corrected chi connectivity index (χ4v) is 3.79. The maximum atomic E-state index is 13.5. The summed E-state index contributed by atoms with van der Waals surface area (Å²) in [5, 5.41) is 3.38. The molecule has 0 spiro atoms. The predicted molar refractivity (Wildman–Crippen MR) is 89.6 cm³/mol. The second kappa shape index (κ2) is 8.63. The quantitative estimate of drug-likeness (QED) is 0.701. The van der Waals surface area contributed by atoms with E-state index in [2.05, 4.69) is 33.4 Å². The molecule has 1 atom stereocenters. The number of nitrogens with one attached hydrogen (secondary N) is 1. The molecule has 0 saturated heterocycles. The van der Waals surface area contributed by atoms with Crippen molar-refractivity contribution in [1.29, 1.82) is 0 Å². The van der Waals surface area contributed by atoms with Crippen LogP contribution < -0.4 is 5.32 Å². The largest absolute Gasteiger partial charge is 0.383 e. The Morgan fingerprint density at radius 2 is 2.19 bits per heavy atom. The molecule has 2 nitrogen and oxygen atoms in total. The van der Waals surface area contributed by atoms with E-state index in [4.69, 9.17) is 4.74 Å². The average molecular weight is 372 g/mol. The van der Waals surface area contributed by atoms with Gasteiger partial charge in [-0.2, -0.15) is 0 Å². The molecule has 0 amide bonds. The summed E-state index contributed by atoms with van der Waals surface area (Å²) < 4.78 is 19.6. The van der Waals surface area contributed by atoms with E-state index in [-0.39, 0.29) is 11.7 Å². The normalized spacial score (nSPS) is 12.5. The standard InChI is InChI=1S/C16H19BrFNOS/c1-20-8-7-19-11-13(10-15-5-6-16(17)21-15)12-3-2-4-14(18)9-12/h2-6,9,13,19H,7-8,10-11H2,1H3. The lowest BCUT2D eigenvalue weighted by atomic mass is 9.95. The summed E-state index contributed by atoms with van der Waals surface area (Å²) in [6, 6.07) is 11.1. The second-order valence-corrected chi connectivity index (χ2v) is 7.41. The fourth-order valence-electron chi connectivity index (χ4n) is 2.22.